The molecule has 0 heterocycles. The highest BCUT2D eigenvalue weighted by atomic mass is 35.5. The molecular weight excluding hydrogens is 585 g/mol. The first-order valence-corrected chi connectivity index (χ1v) is 11.9. The number of benzene rings is 3. The zero-order valence-corrected chi connectivity index (χ0v) is 21.4. The van der Waals surface area contributed by atoms with Gasteiger partial charge in [0.2, 0.25) is 5.91 Å². The number of alkyl halides is 2. The van der Waals surface area contributed by atoms with Crippen LogP contribution >= 0.6 is 58.0 Å². The van der Waals surface area contributed by atoms with Crippen molar-refractivity contribution in [3.05, 3.63) is 86.1 Å². The van der Waals surface area contributed by atoms with E-state index in [-0.39, 0.29) is 26.3 Å². The van der Waals surface area contributed by atoms with Gasteiger partial charge >= 0.3 is 0 Å². The molecule has 1 saturated carbocycles. The van der Waals surface area contributed by atoms with E-state index in [1.165, 1.54) is 24.3 Å². The van der Waals surface area contributed by atoms with Gasteiger partial charge in [-0.05, 0) is 42.0 Å². The van der Waals surface area contributed by atoms with Gasteiger partial charge in [-0.3, -0.25) is 9.59 Å². The summed E-state index contributed by atoms with van der Waals surface area (Å²) in [6.07, 6.45) is 0. The molecule has 3 aromatic carbocycles. The smallest absolute Gasteiger partial charge is 0.258 e. The van der Waals surface area contributed by atoms with Gasteiger partial charge in [-0.1, -0.05) is 40.9 Å². The van der Waals surface area contributed by atoms with Crippen LogP contribution in [0.2, 0.25) is 15.1 Å². The normalized spacial score (nSPS) is 18.0. The Balaban J connectivity index is 1.57. The quantitative estimate of drug-likeness (QED) is 0.211. The summed E-state index contributed by atoms with van der Waals surface area (Å²) in [5.41, 5.74) is 4.27. The van der Waals surface area contributed by atoms with Crippen LogP contribution in [0.15, 0.2) is 42.5 Å². The number of halogens is 8. The second kappa shape index (κ2) is 9.84. The summed E-state index contributed by atoms with van der Waals surface area (Å²) in [4.78, 5) is 25.8. The second-order valence-electron chi connectivity index (χ2n) is 7.85. The maximum atomic E-state index is 14.2. The highest BCUT2D eigenvalue weighted by molar-refractivity contribution is 6.53. The van der Waals surface area contributed by atoms with Gasteiger partial charge in [-0.25, -0.2) is 13.2 Å². The minimum absolute atomic E-state index is 0.0118. The Kier molecular flexibility index (Phi) is 7.29. The van der Waals surface area contributed by atoms with E-state index < -0.39 is 56.8 Å². The standard InChI is InChI=1S/C23H13Cl5F3N3O2/c24-9-2-5-13(18(26)15(9)21(35)34-14-6-4-12(30)20(32)19(14)31)33-22(36)17-16(23(17,27)28)8-1-3-11(29)10(25)7-8/h1-7,16-17H,32H2,(H,33,36)(H,34,35). The molecule has 4 N–H and O–H groups in total. The maximum Gasteiger partial charge on any atom is 0.258 e. The fourth-order valence-corrected chi connectivity index (χ4v) is 5.30. The number of carbonyl (C=O) groups is 2. The van der Waals surface area contributed by atoms with Crippen molar-refractivity contribution in [2.24, 2.45) is 5.92 Å². The van der Waals surface area contributed by atoms with Gasteiger partial charge in [0, 0.05) is 5.92 Å². The third-order valence-electron chi connectivity index (χ3n) is 5.59. The average molecular weight is 598 g/mol. The van der Waals surface area contributed by atoms with Crippen LogP contribution < -0.4 is 16.4 Å². The molecule has 13 heteroatoms. The van der Waals surface area contributed by atoms with Crippen LogP contribution in [0.1, 0.15) is 21.8 Å². The van der Waals surface area contributed by atoms with Crippen LogP contribution in [-0.2, 0) is 4.79 Å². The molecule has 3 aromatic rings. The minimum atomic E-state index is -1.51. The molecule has 0 radical (unpaired) electrons. The molecule has 1 fully saturated rings. The van der Waals surface area contributed by atoms with E-state index in [4.69, 9.17) is 63.7 Å². The van der Waals surface area contributed by atoms with E-state index in [1.54, 1.807) is 0 Å². The fraction of sp³-hybridized carbons (Fsp3) is 0.130. The van der Waals surface area contributed by atoms with E-state index in [0.717, 1.165) is 18.2 Å². The van der Waals surface area contributed by atoms with Crippen molar-refractivity contribution in [1.29, 1.82) is 0 Å². The molecule has 5 nitrogen and oxygen atoms in total. The van der Waals surface area contributed by atoms with Crippen LogP contribution in [0.4, 0.5) is 30.2 Å². The van der Waals surface area contributed by atoms with Crippen molar-refractivity contribution in [3.63, 3.8) is 0 Å². The molecule has 1 aliphatic carbocycles. The predicted octanol–water partition coefficient (Wildman–Crippen LogP) is 7.42. The molecule has 0 aliphatic heterocycles. The molecule has 0 saturated heterocycles. The molecule has 0 aromatic heterocycles. The zero-order chi connectivity index (χ0) is 26.5. The van der Waals surface area contributed by atoms with Gasteiger partial charge in [0.05, 0.1) is 37.9 Å². The summed E-state index contributed by atoms with van der Waals surface area (Å²) >= 11 is 30.9. The van der Waals surface area contributed by atoms with E-state index in [0.29, 0.717) is 5.56 Å². The number of nitrogen functional groups attached to an aromatic ring is 1. The monoisotopic (exact) mass is 595 g/mol. The Labute approximate surface area is 227 Å². The fourth-order valence-electron chi connectivity index (χ4n) is 3.69. The molecule has 4 rings (SSSR count). The molecule has 1 aliphatic rings. The van der Waals surface area contributed by atoms with Gasteiger partial charge in [0.15, 0.2) is 5.82 Å². The molecule has 0 spiro atoms. The van der Waals surface area contributed by atoms with E-state index in [1.807, 2.05) is 0 Å². The molecular formula is C23H13Cl5F3N3O2. The average Bonchev–Trinajstić information content (AvgIpc) is 3.40. The van der Waals surface area contributed by atoms with Crippen LogP contribution in [-0.4, -0.2) is 16.1 Å². The first kappa shape index (κ1) is 26.7. The first-order valence-electron chi connectivity index (χ1n) is 10.0. The Morgan fingerprint density at radius 2 is 1.50 bits per heavy atom. The number of hydrogen-bond acceptors (Lipinski definition) is 3. The lowest BCUT2D eigenvalue weighted by Gasteiger charge is -2.14. The van der Waals surface area contributed by atoms with E-state index in [9.17, 15) is 22.8 Å². The summed E-state index contributed by atoms with van der Waals surface area (Å²) in [5, 5.41) is 4.23. The number of rotatable bonds is 5. The Morgan fingerprint density at radius 3 is 2.17 bits per heavy atom. The van der Waals surface area contributed by atoms with Gasteiger partial charge in [0.1, 0.15) is 21.7 Å². The molecule has 2 atom stereocenters. The second-order valence-corrected chi connectivity index (χ2v) is 10.5. The topological polar surface area (TPSA) is 84.2 Å². The summed E-state index contributed by atoms with van der Waals surface area (Å²) in [6, 6.07) is 8.34. The van der Waals surface area contributed by atoms with Crippen molar-refractivity contribution in [2.75, 3.05) is 16.4 Å². The highest BCUT2D eigenvalue weighted by Crippen LogP contribution is 2.65. The predicted molar refractivity (Wildman–Crippen MR) is 136 cm³/mol. The van der Waals surface area contributed by atoms with Crippen molar-refractivity contribution < 1.29 is 22.8 Å². The summed E-state index contributed by atoms with van der Waals surface area (Å²) in [6.45, 7) is 0. The molecule has 2 unspecified atom stereocenters. The Morgan fingerprint density at radius 1 is 0.861 bits per heavy atom. The van der Waals surface area contributed by atoms with Crippen molar-refractivity contribution >= 4 is 86.9 Å². The largest absolute Gasteiger partial charge is 0.394 e. The summed E-state index contributed by atoms with van der Waals surface area (Å²) < 4.78 is 39.7. The lowest BCUT2D eigenvalue weighted by atomic mass is 10.1. The Hall–Kier alpha value is -2.36. The van der Waals surface area contributed by atoms with Gasteiger partial charge in [0.25, 0.3) is 5.91 Å². The number of nitrogens with one attached hydrogen (secondary N) is 2. The third-order valence-corrected chi connectivity index (χ3v) is 7.53. The van der Waals surface area contributed by atoms with Crippen LogP contribution in [0.5, 0.6) is 0 Å². The number of carbonyl (C=O) groups excluding carboxylic acids is 2. The number of anilines is 3. The highest BCUT2D eigenvalue weighted by Gasteiger charge is 2.67. The van der Waals surface area contributed by atoms with Crippen LogP contribution in [0, 0.1) is 23.4 Å². The minimum Gasteiger partial charge on any atom is -0.394 e. The van der Waals surface area contributed by atoms with Gasteiger partial charge < -0.3 is 16.4 Å². The lowest BCUT2D eigenvalue weighted by molar-refractivity contribution is -0.117. The van der Waals surface area contributed by atoms with Gasteiger partial charge in [-0.2, -0.15) is 0 Å². The lowest BCUT2D eigenvalue weighted by Crippen LogP contribution is -2.19. The molecule has 188 valence electrons. The third kappa shape index (κ3) is 4.80. The van der Waals surface area contributed by atoms with E-state index in [2.05, 4.69) is 10.6 Å². The Bertz CT molecular complexity index is 1420. The van der Waals surface area contributed by atoms with Crippen molar-refractivity contribution in [1.82, 2.24) is 0 Å². The van der Waals surface area contributed by atoms with Gasteiger partial charge in [-0.15, -0.1) is 23.2 Å². The van der Waals surface area contributed by atoms with Crippen LogP contribution in [0.25, 0.3) is 0 Å². The zero-order valence-electron chi connectivity index (χ0n) is 17.6. The number of amides is 2. The number of nitrogens with two attached hydrogens (primary N) is 1. The SMILES string of the molecule is Nc1c(F)ccc(NC(=O)c2c(Cl)ccc(NC(=O)C3C(c4ccc(F)c(Cl)c4)C3(Cl)Cl)c2Cl)c1F. The maximum absolute atomic E-state index is 14.2. The summed E-state index contributed by atoms with van der Waals surface area (Å²) in [7, 11) is 0. The summed E-state index contributed by atoms with van der Waals surface area (Å²) in [5.74, 6) is -6.05. The first-order chi connectivity index (χ1) is 16.8. The van der Waals surface area contributed by atoms with Crippen molar-refractivity contribution in [2.45, 2.75) is 10.3 Å². The molecule has 2 amide bonds. The number of hydrogen-bond donors (Lipinski definition) is 3. The molecule has 0 bridgehead atoms. The van der Waals surface area contributed by atoms with Crippen LogP contribution in [0.3, 0.4) is 0 Å². The molecule has 36 heavy (non-hydrogen) atoms. The van der Waals surface area contributed by atoms with E-state index >= 15 is 0 Å². The van der Waals surface area contributed by atoms with Crippen molar-refractivity contribution in [3.8, 4) is 0 Å².